The number of hydrogen-bond acceptors (Lipinski definition) is 2. The summed E-state index contributed by atoms with van der Waals surface area (Å²) in [5.41, 5.74) is 6.73. The van der Waals surface area contributed by atoms with Crippen LogP contribution in [0.15, 0.2) is 24.3 Å². The molecule has 1 aliphatic carbocycles. The van der Waals surface area contributed by atoms with Gasteiger partial charge in [-0.15, -0.1) is 0 Å². The van der Waals surface area contributed by atoms with E-state index in [1.807, 2.05) is 29.2 Å². The highest BCUT2D eigenvalue weighted by Gasteiger charge is 2.27. The van der Waals surface area contributed by atoms with Crippen LogP contribution in [-0.4, -0.2) is 29.4 Å². The number of nitrogens with two attached hydrogens (primary N) is 1. The number of halogens is 1. The average molecular weight is 372 g/mol. The lowest BCUT2D eigenvalue weighted by molar-refractivity contribution is 0.0640. The number of hydrogen-bond donors (Lipinski definition) is 1. The summed E-state index contributed by atoms with van der Waals surface area (Å²) in [5.74, 6) is 0.152. The van der Waals surface area contributed by atoms with Crippen molar-refractivity contribution in [1.82, 2.24) is 4.90 Å². The SMILES string of the molecule is CCN(C(=O)c1ccc(I)cc1)C1CCC(N)CC1. The van der Waals surface area contributed by atoms with Crippen molar-refractivity contribution in [3.8, 4) is 0 Å². The Hall–Kier alpha value is -0.620. The van der Waals surface area contributed by atoms with Crippen LogP contribution in [0, 0.1) is 3.57 Å². The lowest BCUT2D eigenvalue weighted by atomic mass is 9.90. The van der Waals surface area contributed by atoms with Gasteiger partial charge in [0.1, 0.15) is 0 Å². The Bertz CT molecular complexity index is 424. The largest absolute Gasteiger partial charge is 0.336 e. The molecule has 1 fully saturated rings. The normalized spacial score (nSPS) is 23.1. The molecule has 0 aliphatic heterocycles. The second-order valence-electron chi connectivity index (χ2n) is 5.17. The maximum atomic E-state index is 12.6. The number of carbonyl (C=O) groups excluding carboxylic acids is 1. The van der Waals surface area contributed by atoms with Crippen LogP contribution in [-0.2, 0) is 0 Å². The van der Waals surface area contributed by atoms with Crippen molar-refractivity contribution in [3.05, 3.63) is 33.4 Å². The molecule has 2 N–H and O–H groups in total. The number of amides is 1. The van der Waals surface area contributed by atoms with Crippen LogP contribution in [0.25, 0.3) is 0 Å². The van der Waals surface area contributed by atoms with Gasteiger partial charge in [-0.3, -0.25) is 4.79 Å². The van der Waals surface area contributed by atoms with E-state index in [1.165, 1.54) is 0 Å². The minimum absolute atomic E-state index is 0.152. The van der Waals surface area contributed by atoms with E-state index in [0.717, 1.165) is 41.4 Å². The van der Waals surface area contributed by atoms with Gasteiger partial charge in [-0.25, -0.2) is 0 Å². The first-order valence-electron chi connectivity index (χ1n) is 6.94. The van der Waals surface area contributed by atoms with Crippen LogP contribution in [0.4, 0.5) is 0 Å². The first-order chi connectivity index (χ1) is 9.11. The molecule has 0 atom stereocenters. The van der Waals surface area contributed by atoms with Crippen LogP contribution in [0.1, 0.15) is 43.0 Å². The average Bonchev–Trinajstić information content (AvgIpc) is 2.42. The fourth-order valence-corrected chi connectivity index (χ4v) is 3.10. The Morgan fingerprint density at radius 2 is 1.84 bits per heavy atom. The van der Waals surface area contributed by atoms with E-state index < -0.39 is 0 Å². The van der Waals surface area contributed by atoms with Gasteiger partial charge < -0.3 is 10.6 Å². The lowest BCUT2D eigenvalue weighted by Crippen LogP contribution is -2.44. The van der Waals surface area contributed by atoms with Gasteiger partial charge in [-0.2, -0.15) is 0 Å². The molecule has 104 valence electrons. The molecule has 0 bridgehead atoms. The molecular formula is C15H21IN2O. The van der Waals surface area contributed by atoms with Gasteiger partial charge in [0.25, 0.3) is 5.91 Å². The Kier molecular flexibility index (Phi) is 5.21. The van der Waals surface area contributed by atoms with E-state index in [9.17, 15) is 4.79 Å². The molecule has 1 aromatic carbocycles. The molecule has 0 heterocycles. The third-order valence-electron chi connectivity index (χ3n) is 3.87. The minimum atomic E-state index is 0.152. The first kappa shape index (κ1) is 14.8. The molecule has 1 aromatic rings. The van der Waals surface area contributed by atoms with Gasteiger partial charge in [0.15, 0.2) is 0 Å². The monoisotopic (exact) mass is 372 g/mol. The van der Waals surface area contributed by atoms with Crippen LogP contribution >= 0.6 is 22.6 Å². The van der Waals surface area contributed by atoms with E-state index in [0.29, 0.717) is 12.1 Å². The maximum absolute atomic E-state index is 12.6. The molecule has 1 aliphatic rings. The number of rotatable bonds is 3. The van der Waals surface area contributed by atoms with Gasteiger partial charge in [-0.1, -0.05) is 0 Å². The molecular weight excluding hydrogens is 351 g/mol. The summed E-state index contributed by atoms with van der Waals surface area (Å²) in [6.07, 6.45) is 4.12. The summed E-state index contributed by atoms with van der Waals surface area (Å²) in [6, 6.07) is 8.49. The summed E-state index contributed by atoms with van der Waals surface area (Å²) in [7, 11) is 0. The Labute approximate surface area is 128 Å². The zero-order valence-corrected chi connectivity index (χ0v) is 13.5. The standard InChI is InChI=1S/C15H21IN2O/c1-2-18(14-9-7-13(17)8-10-14)15(19)11-3-5-12(16)6-4-11/h3-6,13-14H,2,7-10,17H2,1H3. The quantitative estimate of drug-likeness (QED) is 0.830. The van der Waals surface area contributed by atoms with Gasteiger partial charge in [0.2, 0.25) is 0 Å². The summed E-state index contributed by atoms with van der Waals surface area (Å²) in [5, 5.41) is 0. The van der Waals surface area contributed by atoms with Gasteiger partial charge >= 0.3 is 0 Å². The molecule has 2 rings (SSSR count). The molecule has 0 spiro atoms. The van der Waals surface area contributed by atoms with E-state index in [2.05, 4.69) is 29.5 Å². The second kappa shape index (κ2) is 6.70. The van der Waals surface area contributed by atoms with Gasteiger partial charge in [-0.05, 0) is 79.5 Å². The molecule has 0 radical (unpaired) electrons. The molecule has 3 nitrogen and oxygen atoms in total. The van der Waals surface area contributed by atoms with Crippen LogP contribution in [0.2, 0.25) is 0 Å². The Morgan fingerprint density at radius 3 is 2.37 bits per heavy atom. The van der Waals surface area contributed by atoms with E-state index >= 15 is 0 Å². The molecule has 0 aromatic heterocycles. The molecule has 1 saturated carbocycles. The topological polar surface area (TPSA) is 46.3 Å². The molecule has 19 heavy (non-hydrogen) atoms. The van der Waals surface area contributed by atoms with Crippen LogP contribution < -0.4 is 5.73 Å². The van der Waals surface area contributed by atoms with Crippen LogP contribution in [0.5, 0.6) is 0 Å². The molecule has 0 saturated heterocycles. The van der Waals surface area contributed by atoms with Crippen molar-refractivity contribution in [1.29, 1.82) is 0 Å². The fraction of sp³-hybridized carbons (Fsp3) is 0.533. The van der Waals surface area contributed by atoms with Crippen molar-refractivity contribution < 1.29 is 4.79 Å². The maximum Gasteiger partial charge on any atom is 0.254 e. The van der Waals surface area contributed by atoms with Gasteiger partial charge in [0, 0.05) is 27.8 Å². The number of benzene rings is 1. The molecule has 0 unspecified atom stereocenters. The highest BCUT2D eigenvalue weighted by atomic mass is 127. The minimum Gasteiger partial charge on any atom is -0.336 e. The number of nitrogens with zero attached hydrogens (tertiary/aromatic N) is 1. The summed E-state index contributed by atoms with van der Waals surface area (Å²) in [4.78, 5) is 14.6. The highest BCUT2D eigenvalue weighted by Crippen LogP contribution is 2.23. The lowest BCUT2D eigenvalue weighted by Gasteiger charge is -2.35. The Morgan fingerprint density at radius 1 is 1.26 bits per heavy atom. The second-order valence-corrected chi connectivity index (χ2v) is 6.41. The number of carbonyl (C=O) groups is 1. The Balaban J connectivity index is 2.08. The van der Waals surface area contributed by atoms with Crippen molar-refractivity contribution in [2.75, 3.05) is 6.54 Å². The molecule has 4 heteroatoms. The van der Waals surface area contributed by atoms with Crippen molar-refractivity contribution >= 4 is 28.5 Å². The van der Waals surface area contributed by atoms with Crippen molar-refractivity contribution in [3.63, 3.8) is 0 Å². The third kappa shape index (κ3) is 3.69. The smallest absolute Gasteiger partial charge is 0.254 e. The first-order valence-corrected chi connectivity index (χ1v) is 8.01. The van der Waals surface area contributed by atoms with Crippen molar-refractivity contribution in [2.24, 2.45) is 5.73 Å². The van der Waals surface area contributed by atoms with E-state index in [1.54, 1.807) is 0 Å². The third-order valence-corrected chi connectivity index (χ3v) is 4.59. The zero-order valence-electron chi connectivity index (χ0n) is 11.3. The summed E-state index contributed by atoms with van der Waals surface area (Å²) < 4.78 is 1.15. The van der Waals surface area contributed by atoms with Crippen LogP contribution in [0.3, 0.4) is 0 Å². The highest BCUT2D eigenvalue weighted by molar-refractivity contribution is 14.1. The zero-order chi connectivity index (χ0) is 13.8. The van der Waals surface area contributed by atoms with E-state index in [4.69, 9.17) is 5.73 Å². The van der Waals surface area contributed by atoms with Crippen molar-refractivity contribution in [2.45, 2.75) is 44.7 Å². The van der Waals surface area contributed by atoms with Gasteiger partial charge in [0.05, 0.1) is 0 Å². The fourth-order valence-electron chi connectivity index (χ4n) is 2.74. The molecule has 1 amide bonds. The van der Waals surface area contributed by atoms with E-state index in [-0.39, 0.29) is 5.91 Å². The predicted octanol–water partition coefficient (Wildman–Crippen LogP) is 3.02. The summed E-state index contributed by atoms with van der Waals surface area (Å²) in [6.45, 7) is 2.82. The summed E-state index contributed by atoms with van der Waals surface area (Å²) >= 11 is 2.25. The predicted molar refractivity (Wildman–Crippen MR) is 86.1 cm³/mol.